The molecule has 0 saturated carbocycles. The number of anilines is 1. The molecule has 0 saturated heterocycles. The Morgan fingerprint density at radius 1 is 1.32 bits per heavy atom. The number of carbonyl (C=O) groups excluding carboxylic acids is 1. The van der Waals surface area contributed by atoms with Crippen LogP contribution in [0.25, 0.3) is 0 Å². The summed E-state index contributed by atoms with van der Waals surface area (Å²) in [6.45, 7) is 7.06. The normalized spacial score (nSPS) is 12.9. The Morgan fingerprint density at radius 2 is 1.89 bits per heavy atom. The molecular formula is C14H18BrNO3. The van der Waals surface area contributed by atoms with Crippen molar-refractivity contribution in [1.82, 2.24) is 0 Å². The minimum atomic E-state index is -1.11. The van der Waals surface area contributed by atoms with E-state index < -0.39 is 23.2 Å². The Kier molecular flexibility index (Phi) is 4.74. The molecule has 19 heavy (non-hydrogen) atoms. The van der Waals surface area contributed by atoms with E-state index in [-0.39, 0.29) is 0 Å². The van der Waals surface area contributed by atoms with E-state index in [1.165, 1.54) is 0 Å². The summed E-state index contributed by atoms with van der Waals surface area (Å²) in [6, 6.07) is 5.48. The zero-order valence-electron chi connectivity index (χ0n) is 11.5. The van der Waals surface area contributed by atoms with Crippen LogP contribution in [0.5, 0.6) is 0 Å². The molecule has 0 aromatic heterocycles. The van der Waals surface area contributed by atoms with Crippen molar-refractivity contribution in [2.24, 2.45) is 11.3 Å². The topological polar surface area (TPSA) is 66.4 Å². The zero-order valence-corrected chi connectivity index (χ0v) is 13.0. The van der Waals surface area contributed by atoms with Crippen LogP contribution in [0.4, 0.5) is 5.69 Å². The molecular weight excluding hydrogens is 310 g/mol. The maximum Gasteiger partial charge on any atom is 0.316 e. The van der Waals surface area contributed by atoms with E-state index in [4.69, 9.17) is 0 Å². The summed E-state index contributed by atoms with van der Waals surface area (Å²) in [6.07, 6.45) is 0. The lowest BCUT2D eigenvalue weighted by molar-refractivity contribution is -0.149. The monoisotopic (exact) mass is 327 g/mol. The third-order valence-corrected chi connectivity index (χ3v) is 3.33. The molecule has 0 spiro atoms. The number of hydrogen-bond donors (Lipinski definition) is 2. The zero-order chi connectivity index (χ0) is 14.8. The van der Waals surface area contributed by atoms with Crippen LogP contribution in [-0.2, 0) is 9.59 Å². The highest BCUT2D eigenvalue weighted by Crippen LogP contribution is 2.28. The molecule has 0 heterocycles. The summed E-state index contributed by atoms with van der Waals surface area (Å²) >= 11 is 3.32. The van der Waals surface area contributed by atoms with Crippen molar-refractivity contribution in [3.63, 3.8) is 0 Å². The SMILES string of the molecule is Cc1ccc(Br)cc1NC(=O)C(C(=O)O)C(C)(C)C. The lowest BCUT2D eigenvalue weighted by Gasteiger charge is -2.26. The average molecular weight is 328 g/mol. The molecule has 1 aromatic carbocycles. The number of hydrogen-bond acceptors (Lipinski definition) is 2. The van der Waals surface area contributed by atoms with Gasteiger partial charge in [-0.1, -0.05) is 42.8 Å². The molecule has 0 bridgehead atoms. The van der Waals surface area contributed by atoms with E-state index in [0.29, 0.717) is 5.69 Å². The molecule has 2 N–H and O–H groups in total. The Hall–Kier alpha value is -1.36. The van der Waals surface area contributed by atoms with Crippen molar-refractivity contribution >= 4 is 33.5 Å². The largest absolute Gasteiger partial charge is 0.481 e. The van der Waals surface area contributed by atoms with Crippen LogP contribution in [0.3, 0.4) is 0 Å². The standard InChI is InChI=1S/C14H18BrNO3/c1-8-5-6-9(15)7-10(8)16-12(17)11(13(18)19)14(2,3)4/h5-7,11H,1-4H3,(H,16,17)(H,18,19). The van der Waals surface area contributed by atoms with Crippen molar-refractivity contribution in [3.8, 4) is 0 Å². The molecule has 104 valence electrons. The van der Waals surface area contributed by atoms with Gasteiger partial charge in [0.05, 0.1) is 0 Å². The summed E-state index contributed by atoms with van der Waals surface area (Å²) in [5.74, 6) is -2.70. The predicted octanol–water partition coefficient (Wildman–Crippen LogP) is 3.44. The number of carbonyl (C=O) groups is 2. The highest BCUT2D eigenvalue weighted by molar-refractivity contribution is 9.10. The fourth-order valence-corrected chi connectivity index (χ4v) is 2.17. The van der Waals surface area contributed by atoms with Gasteiger partial charge >= 0.3 is 5.97 Å². The average Bonchev–Trinajstić information content (AvgIpc) is 2.20. The summed E-state index contributed by atoms with van der Waals surface area (Å²) in [7, 11) is 0. The Labute approximate surface area is 121 Å². The first-order chi connectivity index (χ1) is 8.62. The highest BCUT2D eigenvalue weighted by atomic mass is 79.9. The van der Waals surface area contributed by atoms with Gasteiger partial charge in [-0.2, -0.15) is 0 Å². The first-order valence-electron chi connectivity index (χ1n) is 5.92. The quantitative estimate of drug-likeness (QED) is 0.835. The van der Waals surface area contributed by atoms with E-state index in [0.717, 1.165) is 10.0 Å². The maximum atomic E-state index is 12.2. The predicted molar refractivity (Wildman–Crippen MR) is 78.1 cm³/mol. The summed E-state index contributed by atoms with van der Waals surface area (Å²) < 4.78 is 0.830. The molecule has 1 atom stereocenters. The number of amides is 1. The van der Waals surface area contributed by atoms with Crippen LogP contribution in [0.15, 0.2) is 22.7 Å². The number of halogens is 1. The maximum absolute atomic E-state index is 12.2. The molecule has 1 aromatic rings. The number of aliphatic carboxylic acids is 1. The number of benzene rings is 1. The van der Waals surface area contributed by atoms with Crippen LogP contribution in [0.2, 0.25) is 0 Å². The lowest BCUT2D eigenvalue weighted by atomic mass is 9.80. The molecule has 0 radical (unpaired) electrons. The molecule has 1 rings (SSSR count). The second-order valence-electron chi connectivity index (χ2n) is 5.59. The summed E-state index contributed by atoms with van der Waals surface area (Å²) in [5.41, 5.74) is 0.861. The van der Waals surface area contributed by atoms with Gasteiger partial charge in [-0.25, -0.2) is 0 Å². The number of carboxylic acid groups (broad SMARTS) is 1. The Morgan fingerprint density at radius 3 is 2.37 bits per heavy atom. The van der Waals surface area contributed by atoms with Gasteiger partial charge in [-0.15, -0.1) is 0 Å². The van der Waals surface area contributed by atoms with Crippen LogP contribution < -0.4 is 5.32 Å². The van der Waals surface area contributed by atoms with Crippen molar-refractivity contribution in [2.45, 2.75) is 27.7 Å². The Bertz CT molecular complexity index is 506. The van der Waals surface area contributed by atoms with Crippen LogP contribution in [0.1, 0.15) is 26.3 Å². The number of aryl methyl sites for hydroxylation is 1. The van der Waals surface area contributed by atoms with Gasteiger partial charge in [0, 0.05) is 10.2 Å². The van der Waals surface area contributed by atoms with Gasteiger partial charge in [-0.05, 0) is 30.0 Å². The van der Waals surface area contributed by atoms with Gasteiger partial charge < -0.3 is 10.4 Å². The van der Waals surface area contributed by atoms with Crippen LogP contribution in [-0.4, -0.2) is 17.0 Å². The van der Waals surface area contributed by atoms with Crippen molar-refractivity contribution in [3.05, 3.63) is 28.2 Å². The van der Waals surface area contributed by atoms with E-state index in [9.17, 15) is 14.7 Å². The minimum Gasteiger partial charge on any atom is -0.481 e. The molecule has 0 aliphatic carbocycles. The van der Waals surface area contributed by atoms with E-state index >= 15 is 0 Å². The fraction of sp³-hybridized carbons (Fsp3) is 0.429. The second-order valence-corrected chi connectivity index (χ2v) is 6.50. The molecule has 0 aliphatic heterocycles. The molecule has 5 heteroatoms. The number of carboxylic acids is 1. The summed E-state index contributed by atoms with van der Waals surface area (Å²) in [5, 5.41) is 11.9. The third-order valence-electron chi connectivity index (χ3n) is 2.83. The minimum absolute atomic E-state index is 0.499. The van der Waals surface area contributed by atoms with Gasteiger partial charge in [0.25, 0.3) is 0 Å². The lowest BCUT2D eigenvalue weighted by Crippen LogP contribution is -2.39. The summed E-state index contributed by atoms with van der Waals surface area (Å²) in [4.78, 5) is 23.4. The van der Waals surface area contributed by atoms with Crippen molar-refractivity contribution in [2.75, 3.05) is 5.32 Å². The molecule has 1 amide bonds. The van der Waals surface area contributed by atoms with Gasteiger partial charge in [0.15, 0.2) is 0 Å². The van der Waals surface area contributed by atoms with E-state index in [1.807, 2.05) is 19.1 Å². The Balaban J connectivity index is 3.01. The van der Waals surface area contributed by atoms with Gasteiger partial charge in [0.2, 0.25) is 5.91 Å². The number of rotatable bonds is 3. The van der Waals surface area contributed by atoms with Gasteiger partial charge in [-0.3, -0.25) is 9.59 Å². The molecule has 1 unspecified atom stereocenters. The van der Waals surface area contributed by atoms with Crippen molar-refractivity contribution < 1.29 is 14.7 Å². The molecule has 0 fully saturated rings. The first kappa shape index (κ1) is 15.7. The van der Waals surface area contributed by atoms with Crippen molar-refractivity contribution in [1.29, 1.82) is 0 Å². The van der Waals surface area contributed by atoms with Crippen LogP contribution in [0, 0.1) is 18.3 Å². The second kappa shape index (κ2) is 5.74. The smallest absolute Gasteiger partial charge is 0.316 e. The van der Waals surface area contributed by atoms with E-state index in [1.54, 1.807) is 26.8 Å². The fourth-order valence-electron chi connectivity index (χ4n) is 1.81. The van der Waals surface area contributed by atoms with Gasteiger partial charge in [0.1, 0.15) is 5.92 Å². The molecule has 0 aliphatic rings. The first-order valence-corrected chi connectivity index (χ1v) is 6.72. The van der Waals surface area contributed by atoms with E-state index in [2.05, 4.69) is 21.2 Å². The highest BCUT2D eigenvalue weighted by Gasteiger charge is 2.37. The van der Waals surface area contributed by atoms with Crippen LogP contribution >= 0.6 is 15.9 Å². The number of nitrogens with one attached hydrogen (secondary N) is 1. The molecule has 4 nitrogen and oxygen atoms in total. The third kappa shape index (κ3) is 4.06.